The monoisotopic (exact) mass is 302 g/mol. The number of benzene rings is 2. The van der Waals surface area contributed by atoms with Crippen LogP contribution in [0.4, 0.5) is 0 Å². The Balaban J connectivity index is 2.25. The molecule has 0 aliphatic carbocycles. The van der Waals surface area contributed by atoms with Gasteiger partial charge in [-0.05, 0) is 42.7 Å². The van der Waals surface area contributed by atoms with Crippen LogP contribution in [0.3, 0.4) is 0 Å². The number of hydrogen-bond donors (Lipinski definition) is 0. The van der Waals surface area contributed by atoms with E-state index < -0.39 is 0 Å². The first-order valence-corrected chi connectivity index (χ1v) is 6.71. The van der Waals surface area contributed by atoms with Crippen LogP contribution in [0, 0.1) is 13.8 Å². The topological polar surface area (TPSA) is 17.1 Å². The van der Waals surface area contributed by atoms with Crippen LogP contribution in [0.1, 0.15) is 27.0 Å². The largest absolute Gasteiger partial charge is 0.294 e. The van der Waals surface area contributed by atoms with Crippen LogP contribution in [-0.4, -0.2) is 5.78 Å². The van der Waals surface area contributed by atoms with E-state index in [-0.39, 0.29) is 5.78 Å². The molecule has 0 saturated heterocycles. The van der Waals surface area contributed by atoms with E-state index in [1.54, 1.807) is 0 Å². The fourth-order valence-electron chi connectivity index (χ4n) is 2.02. The molecular weight excluding hydrogens is 288 g/mol. The van der Waals surface area contributed by atoms with E-state index >= 15 is 0 Å². The third-order valence-electron chi connectivity index (χ3n) is 3.10. The Bertz CT molecular complexity index is 587. The van der Waals surface area contributed by atoms with Gasteiger partial charge in [-0.25, -0.2) is 0 Å². The predicted molar refractivity (Wildman–Crippen MR) is 78.1 cm³/mol. The first kappa shape index (κ1) is 13.0. The van der Waals surface area contributed by atoms with Crippen molar-refractivity contribution in [1.82, 2.24) is 0 Å². The van der Waals surface area contributed by atoms with Gasteiger partial charge >= 0.3 is 0 Å². The van der Waals surface area contributed by atoms with E-state index in [4.69, 9.17) is 0 Å². The Hall–Kier alpha value is -1.41. The number of halogens is 1. The quantitative estimate of drug-likeness (QED) is 0.763. The van der Waals surface area contributed by atoms with Crippen molar-refractivity contribution in [1.29, 1.82) is 0 Å². The first-order chi connectivity index (χ1) is 8.58. The summed E-state index contributed by atoms with van der Waals surface area (Å²) in [5.74, 6) is 0.175. The lowest BCUT2D eigenvalue weighted by atomic mass is 9.97. The molecule has 0 aliphatic rings. The molecule has 92 valence electrons. The maximum Gasteiger partial charge on any atom is 0.167 e. The third-order valence-corrected chi connectivity index (χ3v) is 3.59. The van der Waals surface area contributed by atoms with Gasteiger partial charge < -0.3 is 0 Å². The Morgan fingerprint density at radius 3 is 2.44 bits per heavy atom. The summed E-state index contributed by atoms with van der Waals surface area (Å²) in [6, 6.07) is 13.8. The van der Waals surface area contributed by atoms with Crippen molar-refractivity contribution in [2.75, 3.05) is 0 Å². The number of ketones is 1. The number of carbonyl (C=O) groups is 1. The molecule has 1 nitrogen and oxygen atoms in total. The minimum Gasteiger partial charge on any atom is -0.294 e. The number of carbonyl (C=O) groups excluding carboxylic acids is 1. The SMILES string of the molecule is Cc1ccccc1CC(=O)c1ccc(Br)cc1C. The van der Waals surface area contributed by atoms with Crippen LogP contribution in [0.15, 0.2) is 46.9 Å². The molecule has 0 N–H and O–H groups in total. The van der Waals surface area contributed by atoms with Crippen molar-refractivity contribution >= 4 is 21.7 Å². The third kappa shape index (κ3) is 2.88. The maximum absolute atomic E-state index is 12.3. The van der Waals surface area contributed by atoms with Crippen LogP contribution in [0.2, 0.25) is 0 Å². The molecule has 0 amide bonds. The molecule has 0 fully saturated rings. The second-order valence-corrected chi connectivity index (χ2v) is 5.40. The summed E-state index contributed by atoms with van der Waals surface area (Å²) in [6.07, 6.45) is 0.467. The average molecular weight is 303 g/mol. The standard InChI is InChI=1S/C16H15BrO/c1-11-5-3-4-6-13(11)10-16(18)15-8-7-14(17)9-12(15)2/h3-9H,10H2,1-2H3. The Labute approximate surface area is 116 Å². The fourth-order valence-corrected chi connectivity index (χ4v) is 2.49. The summed E-state index contributed by atoms with van der Waals surface area (Å²) < 4.78 is 1.01. The van der Waals surface area contributed by atoms with Gasteiger partial charge in [0, 0.05) is 16.5 Å². The molecule has 0 unspecified atom stereocenters. The summed E-state index contributed by atoms with van der Waals surface area (Å²) in [5, 5.41) is 0. The smallest absolute Gasteiger partial charge is 0.167 e. The summed E-state index contributed by atoms with van der Waals surface area (Å²) in [6.45, 7) is 4.01. The zero-order valence-electron chi connectivity index (χ0n) is 10.5. The summed E-state index contributed by atoms with van der Waals surface area (Å²) >= 11 is 3.41. The molecule has 18 heavy (non-hydrogen) atoms. The molecular formula is C16H15BrO. The summed E-state index contributed by atoms with van der Waals surface area (Å²) in [4.78, 5) is 12.3. The van der Waals surface area contributed by atoms with Crippen molar-refractivity contribution in [3.8, 4) is 0 Å². The number of hydrogen-bond acceptors (Lipinski definition) is 1. The van der Waals surface area contributed by atoms with Gasteiger partial charge in [-0.3, -0.25) is 4.79 Å². The lowest BCUT2D eigenvalue weighted by Gasteiger charge is -2.07. The van der Waals surface area contributed by atoms with E-state index in [0.717, 1.165) is 21.2 Å². The van der Waals surface area contributed by atoms with Crippen LogP contribution in [-0.2, 0) is 6.42 Å². The summed E-state index contributed by atoms with van der Waals surface area (Å²) in [5.41, 5.74) is 4.09. The zero-order valence-corrected chi connectivity index (χ0v) is 12.1. The van der Waals surface area contributed by atoms with Crippen LogP contribution < -0.4 is 0 Å². The molecule has 0 heterocycles. The molecule has 0 atom stereocenters. The van der Waals surface area contributed by atoms with E-state index in [1.165, 1.54) is 5.56 Å². The Kier molecular flexibility index (Phi) is 3.97. The van der Waals surface area contributed by atoms with Crippen molar-refractivity contribution < 1.29 is 4.79 Å². The molecule has 0 saturated carbocycles. The highest BCUT2D eigenvalue weighted by molar-refractivity contribution is 9.10. The van der Waals surface area contributed by atoms with Gasteiger partial charge in [0.25, 0.3) is 0 Å². The van der Waals surface area contributed by atoms with E-state index in [0.29, 0.717) is 6.42 Å². The maximum atomic E-state index is 12.3. The van der Waals surface area contributed by atoms with Crippen LogP contribution >= 0.6 is 15.9 Å². The van der Waals surface area contributed by atoms with Crippen molar-refractivity contribution in [2.24, 2.45) is 0 Å². The normalized spacial score (nSPS) is 10.4. The van der Waals surface area contributed by atoms with Gasteiger partial charge in [-0.2, -0.15) is 0 Å². The molecule has 0 radical (unpaired) electrons. The lowest BCUT2D eigenvalue weighted by molar-refractivity contribution is 0.0992. The summed E-state index contributed by atoms with van der Waals surface area (Å²) in [7, 11) is 0. The molecule has 0 aliphatic heterocycles. The lowest BCUT2D eigenvalue weighted by Crippen LogP contribution is -2.06. The molecule has 2 rings (SSSR count). The predicted octanol–water partition coefficient (Wildman–Crippen LogP) is 4.49. The molecule has 2 aromatic rings. The van der Waals surface area contributed by atoms with Crippen LogP contribution in [0.25, 0.3) is 0 Å². The minimum absolute atomic E-state index is 0.175. The molecule has 0 aromatic heterocycles. The van der Waals surface area contributed by atoms with Gasteiger partial charge in [0.2, 0.25) is 0 Å². The molecule has 2 heteroatoms. The number of rotatable bonds is 3. The average Bonchev–Trinajstić information content (AvgIpc) is 2.32. The minimum atomic E-state index is 0.175. The van der Waals surface area contributed by atoms with E-state index in [9.17, 15) is 4.79 Å². The van der Waals surface area contributed by atoms with Crippen molar-refractivity contribution in [3.63, 3.8) is 0 Å². The van der Waals surface area contributed by atoms with Gasteiger partial charge in [-0.15, -0.1) is 0 Å². The first-order valence-electron chi connectivity index (χ1n) is 5.92. The highest BCUT2D eigenvalue weighted by atomic mass is 79.9. The van der Waals surface area contributed by atoms with E-state index in [1.807, 2.05) is 56.3 Å². The molecule has 0 spiro atoms. The van der Waals surface area contributed by atoms with Gasteiger partial charge in [0.05, 0.1) is 0 Å². The van der Waals surface area contributed by atoms with Crippen molar-refractivity contribution in [3.05, 3.63) is 69.2 Å². The Morgan fingerprint density at radius 2 is 1.78 bits per heavy atom. The molecule has 0 bridgehead atoms. The van der Waals surface area contributed by atoms with Gasteiger partial charge in [-0.1, -0.05) is 46.3 Å². The second-order valence-electron chi connectivity index (χ2n) is 4.49. The second kappa shape index (κ2) is 5.49. The Morgan fingerprint density at radius 1 is 1.06 bits per heavy atom. The van der Waals surface area contributed by atoms with Crippen molar-refractivity contribution in [2.45, 2.75) is 20.3 Å². The highest BCUT2D eigenvalue weighted by Gasteiger charge is 2.11. The van der Waals surface area contributed by atoms with Gasteiger partial charge in [0.15, 0.2) is 5.78 Å². The van der Waals surface area contributed by atoms with Crippen LogP contribution in [0.5, 0.6) is 0 Å². The van der Waals surface area contributed by atoms with Gasteiger partial charge in [0.1, 0.15) is 0 Å². The molecule has 2 aromatic carbocycles. The number of Topliss-reactive ketones (excluding diaryl/α,β-unsaturated/α-hetero) is 1. The fraction of sp³-hybridized carbons (Fsp3) is 0.188. The zero-order chi connectivity index (χ0) is 13.1. The number of aryl methyl sites for hydroxylation is 2. The highest BCUT2D eigenvalue weighted by Crippen LogP contribution is 2.18. The van der Waals surface area contributed by atoms with E-state index in [2.05, 4.69) is 15.9 Å².